The van der Waals surface area contributed by atoms with Crippen molar-refractivity contribution in [1.82, 2.24) is 15.2 Å². The van der Waals surface area contributed by atoms with Gasteiger partial charge in [0.1, 0.15) is 0 Å². The van der Waals surface area contributed by atoms with E-state index in [0.717, 1.165) is 19.3 Å². The number of carbonyl (C=O) groups excluding carboxylic acids is 1. The first-order valence-electron chi connectivity index (χ1n) is 7.23. The lowest BCUT2D eigenvalue weighted by atomic mass is 9.98. The Morgan fingerprint density at radius 1 is 1.38 bits per heavy atom. The average molecular weight is 291 g/mol. The number of carboxylic acid groups (broad SMARTS) is 1. The summed E-state index contributed by atoms with van der Waals surface area (Å²) < 4.78 is 0. The fraction of sp³-hybridized carbons (Fsp3) is 0.533. The minimum Gasteiger partial charge on any atom is -0.478 e. The smallest absolute Gasteiger partial charge is 0.335 e. The predicted octanol–water partition coefficient (Wildman–Crippen LogP) is 2.25. The van der Waals surface area contributed by atoms with Crippen LogP contribution in [0.5, 0.6) is 0 Å². The van der Waals surface area contributed by atoms with Gasteiger partial charge >= 0.3 is 12.0 Å². The quantitative estimate of drug-likeness (QED) is 0.894. The van der Waals surface area contributed by atoms with Crippen molar-refractivity contribution in [1.29, 1.82) is 0 Å². The minimum absolute atomic E-state index is 0.114. The molecule has 1 aliphatic rings. The predicted molar refractivity (Wildman–Crippen MR) is 78.0 cm³/mol. The molecule has 1 fully saturated rings. The van der Waals surface area contributed by atoms with Gasteiger partial charge in [0.15, 0.2) is 0 Å². The van der Waals surface area contributed by atoms with Gasteiger partial charge in [-0.1, -0.05) is 0 Å². The number of amides is 2. The van der Waals surface area contributed by atoms with E-state index >= 15 is 0 Å². The van der Waals surface area contributed by atoms with E-state index in [1.54, 1.807) is 0 Å². The third kappa shape index (κ3) is 3.71. The molecule has 2 heterocycles. The van der Waals surface area contributed by atoms with Crippen LogP contribution in [0.2, 0.25) is 0 Å². The molecule has 6 heteroatoms. The summed E-state index contributed by atoms with van der Waals surface area (Å²) in [5.41, 5.74) is 0.717. The number of likely N-dealkylation sites (tertiary alicyclic amines) is 1. The lowest BCUT2D eigenvalue weighted by Gasteiger charge is -2.38. The van der Waals surface area contributed by atoms with Gasteiger partial charge in [-0.25, -0.2) is 9.59 Å². The molecule has 0 aliphatic carbocycles. The summed E-state index contributed by atoms with van der Waals surface area (Å²) in [4.78, 5) is 29.1. The van der Waals surface area contributed by atoms with Crippen LogP contribution in [0.1, 0.15) is 49.2 Å². The van der Waals surface area contributed by atoms with Crippen molar-refractivity contribution in [3.63, 3.8) is 0 Å². The summed E-state index contributed by atoms with van der Waals surface area (Å²) in [6.07, 6.45) is 4.63. The molecular weight excluding hydrogens is 270 g/mol. The molecular formula is C15H21N3O3. The van der Waals surface area contributed by atoms with E-state index in [1.807, 2.05) is 4.90 Å². The Balaban J connectivity index is 1.97. The number of carboxylic acids is 1. The van der Waals surface area contributed by atoms with Crippen molar-refractivity contribution in [3.05, 3.63) is 29.6 Å². The number of hydrogen-bond acceptors (Lipinski definition) is 3. The molecule has 6 nitrogen and oxygen atoms in total. The number of aromatic nitrogens is 1. The molecule has 0 radical (unpaired) electrons. The minimum atomic E-state index is -0.997. The molecule has 0 aromatic carbocycles. The summed E-state index contributed by atoms with van der Waals surface area (Å²) in [7, 11) is 0. The summed E-state index contributed by atoms with van der Waals surface area (Å²) in [5.74, 6) is -0.997. The van der Waals surface area contributed by atoms with Gasteiger partial charge in [0, 0.05) is 18.3 Å². The number of nitrogens with one attached hydrogen (secondary N) is 1. The van der Waals surface area contributed by atoms with Crippen LogP contribution in [0.15, 0.2) is 18.3 Å². The first-order chi connectivity index (χ1) is 9.99. The Hall–Kier alpha value is -2.11. The normalized spacial score (nSPS) is 21.9. The zero-order valence-electron chi connectivity index (χ0n) is 12.4. The molecule has 0 spiro atoms. The molecule has 114 valence electrons. The number of carbonyl (C=O) groups is 2. The summed E-state index contributed by atoms with van der Waals surface area (Å²) in [5, 5.41) is 11.8. The van der Waals surface area contributed by atoms with Crippen LogP contribution >= 0.6 is 0 Å². The summed E-state index contributed by atoms with van der Waals surface area (Å²) >= 11 is 0. The second-order valence-corrected chi connectivity index (χ2v) is 5.54. The van der Waals surface area contributed by atoms with E-state index in [9.17, 15) is 9.59 Å². The van der Waals surface area contributed by atoms with Crippen LogP contribution in [0.4, 0.5) is 4.79 Å². The van der Waals surface area contributed by atoms with Gasteiger partial charge in [0.25, 0.3) is 0 Å². The van der Waals surface area contributed by atoms with E-state index in [-0.39, 0.29) is 30.2 Å². The zero-order chi connectivity index (χ0) is 15.4. The first-order valence-corrected chi connectivity index (χ1v) is 7.23. The third-order valence-electron chi connectivity index (χ3n) is 3.91. The second kappa shape index (κ2) is 6.56. The van der Waals surface area contributed by atoms with Gasteiger partial charge in [-0.15, -0.1) is 0 Å². The van der Waals surface area contributed by atoms with E-state index in [4.69, 9.17) is 5.11 Å². The molecule has 2 rings (SSSR count). The molecule has 2 N–H and O–H groups in total. The SMILES string of the molecule is C[C@@H]1CCC[C@H](C)N1C(=O)NCc1cc(C(=O)O)ccn1. The van der Waals surface area contributed by atoms with Gasteiger partial charge in [-0.3, -0.25) is 4.98 Å². The van der Waals surface area contributed by atoms with Gasteiger partial charge in [-0.05, 0) is 45.2 Å². The maximum atomic E-state index is 12.3. The summed E-state index contributed by atoms with van der Waals surface area (Å²) in [6.45, 7) is 4.34. The van der Waals surface area contributed by atoms with E-state index in [2.05, 4.69) is 24.1 Å². The van der Waals surface area contributed by atoms with E-state index in [0.29, 0.717) is 5.69 Å². The highest BCUT2D eigenvalue weighted by molar-refractivity contribution is 5.87. The maximum absolute atomic E-state index is 12.3. The van der Waals surface area contributed by atoms with Gasteiger partial charge in [-0.2, -0.15) is 0 Å². The van der Waals surface area contributed by atoms with Crippen molar-refractivity contribution < 1.29 is 14.7 Å². The Morgan fingerprint density at radius 2 is 2.05 bits per heavy atom. The number of rotatable bonds is 3. The lowest BCUT2D eigenvalue weighted by molar-refractivity contribution is 0.0696. The highest BCUT2D eigenvalue weighted by Gasteiger charge is 2.28. The molecule has 1 aliphatic heterocycles. The van der Waals surface area contributed by atoms with Crippen molar-refractivity contribution >= 4 is 12.0 Å². The Labute approximate surface area is 124 Å². The topological polar surface area (TPSA) is 82.5 Å². The van der Waals surface area contributed by atoms with Crippen molar-refractivity contribution in [2.75, 3.05) is 0 Å². The first kappa shape index (κ1) is 15.3. The number of piperidine rings is 1. The van der Waals surface area contributed by atoms with Gasteiger partial charge < -0.3 is 15.3 Å². The number of pyridine rings is 1. The van der Waals surface area contributed by atoms with E-state index in [1.165, 1.54) is 18.3 Å². The van der Waals surface area contributed by atoms with Crippen LogP contribution in [0.25, 0.3) is 0 Å². The molecule has 2 atom stereocenters. The monoisotopic (exact) mass is 291 g/mol. The molecule has 21 heavy (non-hydrogen) atoms. The van der Waals surface area contributed by atoms with Crippen molar-refractivity contribution in [3.8, 4) is 0 Å². The van der Waals surface area contributed by atoms with Crippen LogP contribution in [-0.2, 0) is 6.54 Å². The maximum Gasteiger partial charge on any atom is 0.335 e. The lowest BCUT2D eigenvalue weighted by Crippen LogP contribution is -2.51. The van der Waals surface area contributed by atoms with E-state index < -0.39 is 5.97 Å². The van der Waals surface area contributed by atoms with Crippen LogP contribution in [0, 0.1) is 0 Å². The molecule has 0 unspecified atom stereocenters. The molecule has 0 saturated carbocycles. The standard InChI is InChI=1S/C15H21N3O3/c1-10-4-3-5-11(2)18(10)15(21)17-9-13-8-12(14(19)20)6-7-16-13/h6-8,10-11H,3-5,9H2,1-2H3,(H,17,21)(H,19,20)/t10-,11+. The fourth-order valence-corrected chi connectivity index (χ4v) is 2.79. The summed E-state index contributed by atoms with van der Waals surface area (Å²) in [6, 6.07) is 3.25. The number of aromatic carboxylic acids is 1. The molecule has 0 bridgehead atoms. The Kier molecular flexibility index (Phi) is 4.77. The number of hydrogen-bond donors (Lipinski definition) is 2. The van der Waals surface area contributed by atoms with Gasteiger partial charge in [0.05, 0.1) is 17.8 Å². The Bertz CT molecular complexity index is 523. The second-order valence-electron chi connectivity index (χ2n) is 5.54. The molecule has 1 aromatic heterocycles. The fourth-order valence-electron chi connectivity index (χ4n) is 2.79. The van der Waals surface area contributed by atoms with Crippen molar-refractivity contribution in [2.45, 2.75) is 51.7 Å². The van der Waals surface area contributed by atoms with Gasteiger partial charge in [0.2, 0.25) is 0 Å². The molecule has 1 aromatic rings. The van der Waals surface area contributed by atoms with Crippen molar-refractivity contribution in [2.24, 2.45) is 0 Å². The molecule has 2 amide bonds. The third-order valence-corrected chi connectivity index (χ3v) is 3.91. The zero-order valence-corrected chi connectivity index (χ0v) is 12.4. The van der Waals surface area contributed by atoms with Crippen LogP contribution in [-0.4, -0.2) is 39.1 Å². The molecule has 1 saturated heterocycles. The Morgan fingerprint density at radius 3 is 2.67 bits per heavy atom. The van der Waals surface area contributed by atoms with Crippen LogP contribution < -0.4 is 5.32 Å². The number of nitrogens with zero attached hydrogens (tertiary/aromatic N) is 2. The average Bonchev–Trinajstić information content (AvgIpc) is 2.45. The largest absolute Gasteiger partial charge is 0.478 e. The highest BCUT2D eigenvalue weighted by Crippen LogP contribution is 2.22. The number of urea groups is 1. The van der Waals surface area contributed by atoms with Crippen LogP contribution in [0.3, 0.4) is 0 Å². The highest BCUT2D eigenvalue weighted by atomic mass is 16.4.